The fraction of sp³-hybridized carbons (Fsp3) is 0.444. The number of nitrogens with one attached hydrogen (secondary N) is 1. The highest BCUT2D eigenvalue weighted by Gasteiger charge is 2.39. The Kier molecular flexibility index (Phi) is 3.98. The Morgan fingerprint density at radius 1 is 1.17 bits per heavy atom. The van der Waals surface area contributed by atoms with E-state index in [0.717, 1.165) is 44.6 Å². The Bertz CT molecular complexity index is 710. The molecule has 2 fully saturated rings. The normalized spacial score (nSPS) is 23.6. The van der Waals surface area contributed by atoms with E-state index in [1.165, 1.54) is 6.42 Å². The predicted molar refractivity (Wildman–Crippen MR) is 90.3 cm³/mol. The van der Waals surface area contributed by atoms with Gasteiger partial charge in [0.2, 0.25) is 0 Å². The number of amides is 1. The Morgan fingerprint density at radius 2 is 1.96 bits per heavy atom. The zero-order valence-electron chi connectivity index (χ0n) is 13.6. The third-order valence-electron chi connectivity index (χ3n) is 5.12. The fourth-order valence-corrected chi connectivity index (χ4v) is 3.80. The molecule has 0 aliphatic carbocycles. The molecule has 24 heavy (non-hydrogen) atoms. The van der Waals surface area contributed by atoms with Gasteiger partial charge >= 0.3 is 0 Å². The van der Waals surface area contributed by atoms with Crippen LogP contribution in [0.15, 0.2) is 36.9 Å². The number of hydrogen-bond donors (Lipinski definition) is 1. The molecular weight excluding hydrogens is 302 g/mol. The SMILES string of the molecule is O=C(c1cnc(-c2ccncc2)nc1)N1CCC[C@]2(CCNC2)C1. The molecule has 2 aliphatic rings. The lowest BCUT2D eigenvalue weighted by Crippen LogP contribution is -2.47. The molecule has 0 unspecified atom stereocenters. The highest BCUT2D eigenvalue weighted by molar-refractivity contribution is 5.93. The summed E-state index contributed by atoms with van der Waals surface area (Å²) in [5, 5.41) is 3.44. The van der Waals surface area contributed by atoms with Crippen LogP contribution in [0.2, 0.25) is 0 Å². The average Bonchev–Trinajstić information content (AvgIpc) is 3.09. The minimum atomic E-state index is 0.0438. The summed E-state index contributed by atoms with van der Waals surface area (Å²) in [5.41, 5.74) is 1.74. The molecule has 1 spiro atoms. The maximum Gasteiger partial charge on any atom is 0.257 e. The van der Waals surface area contributed by atoms with Gasteiger partial charge in [-0.3, -0.25) is 9.78 Å². The van der Waals surface area contributed by atoms with E-state index in [1.54, 1.807) is 24.8 Å². The van der Waals surface area contributed by atoms with Crippen LogP contribution in [0.25, 0.3) is 11.4 Å². The van der Waals surface area contributed by atoms with Gasteiger partial charge in [0.25, 0.3) is 5.91 Å². The Morgan fingerprint density at radius 3 is 2.67 bits per heavy atom. The molecule has 1 N–H and O–H groups in total. The molecule has 1 atom stereocenters. The van der Waals surface area contributed by atoms with Crippen molar-refractivity contribution in [3.63, 3.8) is 0 Å². The second-order valence-electron chi connectivity index (χ2n) is 6.79. The zero-order chi connectivity index (χ0) is 16.4. The summed E-state index contributed by atoms with van der Waals surface area (Å²) in [6, 6.07) is 3.72. The summed E-state index contributed by atoms with van der Waals surface area (Å²) in [6.45, 7) is 3.75. The first-order valence-corrected chi connectivity index (χ1v) is 8.48. The van der Waals surface area contributed by atoms with Crippen molar-refractivity contribution in [1.29, 1.82) is 0 Å². The van der Waals surface area contributed by atoms with Gasteiger partial charge in [0.1, 0.15) is 0 Å². The molecule has 2 aliphatic heterocycles. The molecule has 2 saturated heterocycles. The molecule has 0 bridgehead atoms. The second kappa shape index (κ2) is 6.28. The van der Waals surface area contributed by atoms with Crippen molar-refractivity contribution >= 4 is 5.91 Å². The van der Waals surface area contributed by atoms with Crippen LogP contribution in [0.4, 0.5) is 0 Å². The summed E-state index contributed by atoms with van der Waals surface area (Å²) >= 11 is 0. The number of piperidine rings is 1. The highest BCUT2D eigenvalue weighted by Crippen LogP contribution is 2.35. The van der Waals surface area contributed by atoms with E-state index in [4.69, 9.17) is 0 Å². The molecule has 4 rings (SSSR count). The molecule has 0 saturated carbocycles. The molecule has 4 heterocycles. The number of aromatic nitrogens is 3. The third-order valence-corrected chi connectivity index (χ3v) is 5.12. The van der Waals surface area contributed by atoms with Crippen molar-refractivity contribution < 1.29 is 4.79 Å². The standard InChI is InChI=1S/C18H21N5O/c24-17(23-9-1-4-18(13-23)5-8-20-12-18)15-10-21-16(22-11-15)14-2-6-19-7-3-14/h2-3,6-7,10-11,20H,1,4-5,8-9,12-13H2/t18-/m1/s1. The van der Waals surface area contributed by atoms with Crippen molar-refractivity contribution in [1.82, 2.24) is 25.2 Å². The molecule has 124 valence electrons. The number of nitrogens with zero attached hydrogens (tertiary/aromatic N) is 4. The van der Waals surface area contributed by atoms with E-state index in [9.17, 15) is 4.79 Å². The van der Waals surface area contributed by atoms with Gasteiger partial charge in [0.15, 0.2) is 5.82 Å². The first kappa shape index (κ1) is 15.2. The minimum absolute atomic E-state index is 0.0438. The maximum atomic E-state index is 12.8. The quantitative estimate of drug-likeness (QED) is 0.912. The van der Waals surface area contributed by atoms with Gasteiger partial charge < -0.3 is 10.2 Å². The van der Waals surface area contributed by atoms with Gasteiger partial charge in [0, 0.05) is 55.4 Å². The number of carbonyl (C=O) groups is 1. The number of carbonyl (C=O) groups excluding carboxylic acids is 1. The molecule has 1 amide bonds. The van der Waals surface area contributed by atoms with Crippen LogP contribution >= 0.6 is 0 Å². The Balaban J connectivity index is 1.50. The van der Waals surface area contributed by atoms with E-state index >= 15 is 0 Å². The third kappa shape index (κ3) is 2.89. The number of hydrogen-bond acceptors (Lipinski definition) is 5. The first-order valence-electron chi connectivity index (χ1n) is 8.48. The predicted octanol–water partition coefficient (Wildman–Crippen LogP) is 1.75. The fourth-order valence-electron chi connectivity index (χ4n) is 3.80. The molecule has 2 aromatic rings. The lowest BCUT2D eigenvalue weighted by Gasteiger charge is -2.40. The monoisotopic (exact) mass is 323 g/mol. The van der Waals surface area contributed by atoms with Crippen LogP contribution in [0, 0.1) is 5.41 Å². The Hall–Kier alpha value is -2.34. The lowest BCUT2D eigenvalue weighted by atomic mass is 9.79. The topological polar surface area (TPSA) is 71.0 Å². The minimum Gasteiger partial charge on any atom is -0.338 e. The highest BCUT2D eigenvalue weighted by atomic mass is 16.2. The van der Waals surface area contributed by atoms with E-state index in [1.807, 2.05) is 17.0 Å². The summed E-state index contributed by atoms with van der Waals surface area (Å²) < 4.78 is 0. The zero-order valence-corrected chi connectivity index (χ0v) is 13.6. The van der Waals surface area contributed by atoms with E-state index < -0.39 is 0 Å². The number of likely N-dealkylation sites (tertiary alicyclic amines) is 1. The van der Waals surface area contributed by atoms with Gasteiger partial charge in [-0.15, -0.1) is 0 Å². The van der Waals surface area contributed by atoms with Crippen LogP contribution in [-0.2, 0) is 0 Å². The van der Waals surface area contributed by atoms with Crippen LogP contribution in [0.5, 0.6) is 0 Å². The Labute approximate surface area is 141 Å². The maximum absolute atomic E-state index is 12.8. The number of pyridine rings is 1. The largest absolute Gasteiger partial charge is 0.338 e. The molecular formula is C18H21N5O. The van der Waals surface area contributed by atoms with Crippen molar-refractivity contribution in [2.75, 3.05) is 26.2 Å². The van der Waals surface area contributed by atoms with Crippen LogP contribution < -0.4 is 5.32 Å². The second-order valence-corrected chi connectivity index (χ2v) is 6.79. The first-order chi connectivity index (χ1) is 11.8. The summed E-state index contributed by atoms with van der Waals surface area (Å²) in [6.07, 6.45) is 10.1. The smallest absolute Gasteiger partial charge is 0.257 e. The number of rotatable bonds is 2. The van der Waals surface area contributed by atoms with Gasteiger partial charge in [-0.2, -0.15) is 0 Å². The van der Waals surface area contributed by atoms with Gasteiger partial charge in [0.05, 0.1) is 5.56 Å². The summed E-state index contributed by atoms with van der Waals surface area (Å²) in [7, 11) is 0. The average molecular weight is 323 g/mol. The lowest BCUT2D eigenvalue weighted by molar-refractivity contribution is 0.0552. The molecule has 6 heteroatoms. The molecule has 0 aromatic carbocycles. The van der Waals surface area contributed by atoms with Crippen LogP contribution in [0.1, 0.15) is 29.6 Å². The van der Waals surface area contributed by atoms with Gasteiger partial charge in [-0.05, 0) is 37.9 Å². The van der Waals surface area contributed by atoms with E-state index in [0.29, 0.717) is 11.4 Å². The van der Waals surface area contributed by atoms with Crippen molar-refractivity contribution in [3.8, 4) is 11.4 Å². The van der Waals surface area contributed by atoms with Crippen LogP contribution in [0.3, 0.4) is 0 Å². The summed E-state index contributed by atoms with van der Waals surface area (Å²) in [5.74, 6) is 0.659. The molecule has 2 aromatic heterocycles. The van der Waals surface area contributed by atoms with Crippen molar-refractivity contribution in [3.05, 3.63) is 42.5 Å². The van der Waals surface area contributed by atoms with Crippen molar-refractivity contribution in [2.24, 2.45) is 5.41 Å². The van der Waals surface area contributed by atoms with E-state index in [2.05, 4.69) is 20.3 Å². The van der Waals surface area contributed by atoms with Crippen LogP contribution in [-0.4, -0.2) is 51.9 Å². The molecule has 0 radical (unpaired) electrons. The van der Waals surface area contributed by atoms with Gasteiger partial charge in [-0.25, -0.2) is 9.97 Å². The van der Waals surface area contributed by atoms with Gasteiger partial charge in [-0.1, -0.05) is 0 Å². The van der Waals surface area contributed by atoms with Crippen molar-refractivity contribution in [2.45, 2.75) is 19.3 Å². The molecule has 6 nitrogen and oxygen atoms in total. The summed E-state index contributed by atoms with van der Waals surface area (Å²) in [4.78, 5) is 27.5. The van der Waals surface area contributed by atoms with E-state index in [-0.39, 0.29) is 11.3 Å².